The third-order valence-electron chi connectivity index (χ3n) is 3.18. The van der Waals surface area contributed by atoms with E-state index in [1.807, 2.05) is 13.8 Å². The van der Waals surface area contributed by atoms with Crippen LogP contribution in [0.5, 0.6) is 6.01 Å². The SMILES string of the molecule is CCCNc1nc(NC(C)C2CC2)nc(OC(C)C)n1. The van der Waals surface area contributed by atoms with E-state index in [0.717, 1.165) is 18.9 Å². The molecule has 0 saturated heterocycles. The monoisotopic (exact) mass is 279 g/mol. The minimum atomic E-state index is 0.0464. The summed E-state index contributed by atoms with van der Waals surface area (Å²) in [6.07, 6.45) is 3.64. The van der Waals surface area contributed by atoms with Crippen molar-refractivity contribution in [3.8, 4) is 6.01 Å². The van der Waals surface area contributed by atoms with Crippen molar-refractivity contribution in [2.45, 2.75) is 59.1 Å². The van der Waals surface area contributed by atoms with Crippen molar-refractivity contribution >= 4 is 11.9 Å². The van der Waals surface area contributed by atoms with Gasteiger partial charge in [-0.2, -0.15) is 15.0 Å². The smallest absolute Gasteiger partial charge is 0.323 e. The molecular weight excluding hydrogens is 254 g/mol. The molecule has 0 amide bonds. The molecule has 1 heterocycles. The van der Waals surface area contributed by atoms with Gasteiger partial charge in [-0.25, -0.2) is 0 Å². The number of rotatable bonds is 8. The van der Waals surface area contributed by atoms with Crippen molar-refractivity contribution in [3.63, 3.8) is 0 Å². The summed E-state index contributed by atoms with van der Waals surface area (Å²) < 4.78 is 5.59. The number of anilines is 2. The molecule has 1 atom stereocenters. The third kappa shape index (κ3) is 4.51. The van der Waals surface area contributed by atoms with Crippen molar-refractivity contribution in [2.75, 3.05) is 17.2 Å². The standard InChI is InChI=1S/C14H25N5O/c1-5-8-15-12-17-13(16-10(4)11-6-7-11)19-14(18-12)20-9(2)3/h9-11H,5-8H2,1-4H3,(H2,15,16,17,18,19). The lowest BCUT2D eigenvalue weighted by Gasteiger charge is -2.15. The number of nitrogens with zero attached hydrogens (tertiary/aromatic N) is 3. The van der Waals surface area contributed by atoms with Crippen molar-refractivity contribution in [2.24, 2.45) is 5.92 Å². The predicted molar refractivity (Wildman–Crippen MR) is 80.2 cm³/mol. The lowest BCUT2D eigenvalue weighted by molar-refractivity contribution is 0.222. The van der Waals surface area contributed by atoms with Crippen molar-refractivity contribution in [1.82, 2.24) is 15.0 Å². The van der Waals surface area contributed by atoms with E-state index in [9.17, 15) is 0 Å². The molecule has 0 bridgehead atoms. The fraction of sp³-hybridized carbons (Fsp3) is 0.786. The number of hydrogen-bond donors (Lipinski definition) is 2. The molecule has 6 heteroatoms. The van der Waals surface area contributed by atoms with E-state index in [-0.39, 0.29) is 6.10 Å². The molecule has 112 valence electrons. The van der Waals surface area contributed by atoms with Crippen LogP contribution in [0, 0.1) is 5.92 Å². The molecule has 6 nitrogen and oxygen atoms in total. The normalized spacial score (nSPS) is 16.1. The Morgan fingerprint density at radius 1 is 1.15 bits per heavy atom. The van der Waals surface area contributed by atoms with Crippen molar-refractivity contribution < 1.29 is 4.74 Å². The number of ether oxygens (including phenoxy) is 1. The van der Waals surface area contributed by atoms with Crippen molar-refractivity contribution in [3.05, 3.63) is 0 Å². The Morgan fingerprint density at radius 3 is 2.45 bits per heavy atom. The van der Waals surface area contributed by atoms with Gasteiger partial charge in [0.05, 0.1) is 6.10 Å². The Labute approximate surface area is 120 Å². The third-order valence-corrected chi connectivity index (χ3v) is 3.18. The Hall–Kier alpha value is -1.59. The maximum atomic E-state index is 5.59. The van der Waals surface area contributed by atoms with Gasteiger partial charge in [0.15, 0.2) is 0 Å². The highest BCUT2D eigenvalue weighted by molar-refractivity contribution is 5.36. The van der Waals surface area contributed by atoms with Crippen LogP contribution < -0.4 is 15.4 Å². The van der Waals surface area contributed by atoms with Gasteiger partial charge in [-0.1, -0.05) is 6.92 Å². The van der Waals surface area contributed by atoms with E-state index in [4.69, 9.17) is 4.74 Å². The van der Waals surface area contributed by atoms with Gasteiger partial charge in [0.25, 0.3) is 0 Å². The first kappa shape index (κ1) is 14.8. The highest BCUT2D eigenvalue weighted by atomic mass is 16.5. The zero-order chi connectivity index (χ0) is 14.5. The van der Waals surface area contributed by atoms with E-state index < -0.39 is 0 Å². The molecule has 1 fully saturated rings. The highest BCUT2D eigenvalue weighted by Crippen LogP contribution is 2.33. The minimum Gasteiger partial charge on any atom is -0.461 e. The summed E-state index contributed by atoms with van der Waals surface area (Å²) in [6, 6.07) is 0.766. The topological polar surface area (TPSA) is 72.0 Å². The van der Waals surface area contributed by atoms with E-state index >= 15 is 0 Å². The predicted octanol–water partition coefficient (Wildman–Crippen LogP) is 2.69. The Kier molecular flexibility index (Phi) is 4.98. The fourth-order valence-corrected chi connectivity index (χ4v) is 1.92. The van der Waals surface area contributed by atoms with Gasteiger partial charge in [-0.15, -0.1) is 0 Å². The summed E-state index contributed by atoms with van der Waals surface area (Å²) in [5.74, 6) is 1.91. The molecule has 0 radical (unpaired) electrons. The van der Waals surface area contributed by atoms with Crippen LogP contribution in [-0.2, 0) is 0 Å². The van der Waals surface area contributed by atoms with E-state index in [1.165, 1.54) is 12.8 Å². The summed E-state index contributed by atoms with van der Waals surface area (Å²) in [4.78, 5) is 13.0. The molecule has 1 aromatic rings. The number of hydrogen-bond acceptors (Lipinski definition) is 6. The quantitative estimate of drug-likeness (QED) is 0.762. The average molecular weight is 279 g/mol. The molecule has 1 aliphatic carbocycles. The first-order valence-electron chi connectivity index (χ1n) is 7.51. The molecule has 0 aliphatic heterocycles. The molecule has 1 saturated carbocycles. The molecule has 0 spiro atoms. The Bertz CT molecular complexity index is 434. The summed E-state index contributed by atoms with van der Waals surface area (Å²) in [7, 11) is 0. The maximum Gasteiger partial charge on any atom is 0.323 e. The number of nitrogens with one attached hydrogen (secondary N) is 2. The van der Waals surface area contributed by atoms with Crippen molar-refractivity contribution in [1.29, 1.82) is 0 Å². The Morgan fingerprint density at radius 2 is 1.85 bits per heavy atom. The molecule has 1 unspecified atom stereocenters. The molecule has 1 aromatic heterocycles. The molecule has 2 rings (SSSR count). The van der Waals surface area contributed by atoms with Gasteiger partial charge >= 0.3 is 6.01 Å². The van der Waals surface area contributed by atoms with Gasteiger partial charge in [0, 0.05) is 12.6 Å². The fourth-order valence-electron chi connectivity index (χ4n) is 1.92. The van der Waals surface area contributed by atoms with Crippen LogP contribution in [-0.4, -0.2) is 33.6 Å². The lowest BCUT2D eigenvalue weighted by Crippen LogP contribution is -2.21. The van der Waals surface area contributed by atoms with Gasteiger partial charge in [0.1, 0.15) is 0 Å². The van der Waals surface area contributed by atoms with Gasteiger partial charge in [-0.3, -0.25) is 0 Å². The summed E-state index contributed by atoms with van der Waals surface area (Å²) in [6.45, 7) is 9.03. The summed E-state index contributed by atoms with van der Waals surface area (Å²) in [5, 5.41) is 6.54. The van der Waals surface area contributed by atoms with Crippen LogP contribution in [0.4, 0.5) is 11.9 Å². The second-order valence-corrected chi connectivity index (χ2v) is 5.63. The van der Waals surface area contributed by atoms with Crippen LogP contribution in [0.3, 0.4) is 0 Å². The van der Waals surface area contributed by atoms with Crippen LogP contribution in [0.2, 0.25) is 0 Å². The zero-order valence-corrected chi connectivity index (χ0v) is 12.8. The van der Waals surface area contributed by atoms with Crippen LogP contribution in [0.15, 0.2) is 0 Å². The minimum absolute atomic E-state index is 0.0464. The largest absolute Gasteiger partial charge is 0.461 e. The first-order chi connectivity index (χ1) is 9.58. The maximum absolute atomic E-state index is 5.59. The Balaban J connectivity index is 2.10. The van der Waals surface area contributed by atoms with E-state index in [2.05, 4.69) is 39.4 Å². The highest BCUT2D eigenvalue weighted by Gasteiger charge is 2.28. The van der Waals surface area contributed by atoms with Gasteiger partial charge in [0.2, 0.25) is 11.9 Å². The van der Waals surface area contributed by atoms with Crippen LogP contribution in [0.25, 0.3) is 0 Å². The average Bonchev–Trinajstić information content (AvgIpc) is 3.19. The second-order valence-electron chi connectivity index (χ2n) is 5.63. The summed E-state index contributed by atoms with van der Waals surface area (Å²) >= 11 is 0. The lowest BCUT2D eigenvalue weighted by atomic mass is 10.2. The van der Waals surface area contributed by atoms with E-state index in [1.54, 1.807) is 0 Å². The molecule has 2 N–H and O–H groups in total. The second kappa shape index (κ2) is 6.72. The molecular formula is C14H25N5O. The zero-order valence-electron chi connectivity index (χ0n) is 12.8. The molecule has 0 aromatic carbocycles. The van der Waals surface area contributed by atoms with Gasteiger partial charge in [-0.05, 0) is 46.0 Å². The molecule has 1 aliphatic rings. The van der Waals surface area contributed by atoms with Crippen LogP contribution in [0.1, 0.15) is 47.0 Å². The van der Waals surface area contributed by atoms with E-state index in [0.29, 0.717) is 23.9 Å². The number of aromatic nitrogens is 3. The van der Waals surface area contributed by atoms with Crippen LogP contribution >= 0.6 is 0 Å². The first-order valence-corrected chi connectivity index (χ1v) is 7.51. The molecule has 20 heavy (non-hydrogen) atoms. The van der Waals surface area contributed by atoms with Gasteiger partial charge < -0.3 is 15.4 Å². The summed E-state index contributed by atoms with van der Waals surface area (Å²) in [5.41, 5.74) is 0.